The van der Waals surface area contributed by atoms with Gasteiger partial charge in [0.15, 0.2) is 6.61 Å². The minimum atomic E-state index is -4.03. The Morgan fingerprint density at radius 3 is 2.42 bits per heavy atom. The van der Waals surface area contributed by atoms with Crippen LogP contribution in [0.25, 0.3) is 0 Å². The van der Waals surface area contributed by atoms with Crippen molar-refractivity contribution in [2.75, 3.05) is 23.3 Å². The van der Waals surface area contributed by atoms with Crippen molar-refractivity contribution in [2.24, 2.45) is 0 Å². The van der Waals surface area contributed by atoms with Crippen molar-refractivity contribution >= 4 is 33.3 Å². The van der Waals surface area contributed by atoms with Crippen molar-refractivity contribution in [2.45, 2.75) is 24.2 Å². The van der Waals surface area contributed by atoms with Crippen LogP contribution in [0.2, 0.25) is 0 Å². The maximum atomic E-state index is 13.2. The molecule has 0 aromatic heterocycles. The second-order valence-corrected chi connectivity index (χ2v) is 9.70. The molecule has 0 saturated heterocycles. The summed E-state index contributed by atoms with van der Waals surface area (Å²) < 4.78 is 32.6. The van der Waals surface area contributed by atoms with Gasteiger partial charge in [-0.3, -0.25) is 9.10 Å². The summed E-state index contributed by atoms with van der Waals surface area (Å²) in [6.45, 7) is -0.529. The van der Waals surface area contributed by atoms with Gasteiger partial charge in [-0.05, 0) is 66.8 Å². The van der Waals surface area contributed by atoms with Crippen LogP contribution in [0.15, 0.2) is 77.7 Å². The van der Waals surface area contributed by atoms with Gasteiger partial charge >= 0.3 is 5.97 Å². The van der Waals surface area contributed by atoms with E-state index in [0.717, 1.165) is 23.6 Å². The largest absolute Gasteiger partial charge is 0.452 e. The molecule has 33 heavy (non-hydrogen) atoms. The molecule has 1 aliphatic rings. The molecule has 0 saturated carbocycles. The molecule has 0 bridgehead atoms. The summed E-state index contributed by atoms with van der Waals surface area (Å²) in [6.07, 6.45) is 3.13. The summed E-state index contributed by atoms with van der Waals surface area (Å²) >= 11 is 0. The highest BCUT2D eigenvalue weighted by Gasteiger charge is 2.27. The molecule has 1 amide bonds. The number of aryl methyl sites for hydroxylation is 2. The second-order valence-electron chi connectivity index (χ2n) is 7.77. The summed E-state index contributed by atoms with van der Waals surface area (Å²) in [5, 5.41) is 2.72. The molecule has 1 N–H and O–H groups in total. The monoisotopic (exact) mass is 464 g/mol. The number of esters is 1. The number of hydrogen-bond donors (Lipinski definition) is 1. The van der Waals surface area contributed by atoms with Crippen LogP contribution in [0.1, 0.15) is 27.9 Å². The number of sulfonamides is 1. The minimum absolute atomic E-state index is 0.134. The Bertz CT molecular complexity index is 1290. The lowest BCUT2D eigenvalue weighted by atomic mass is 10.1. The minimum Gasteiger partial charge on any atom is -0.452 e. The fraction of sp³-hybridized carbons (Fsp3) is 0.200. The summed E-state index contributed by atoms with van der Waals surface area (Å²) in [5.41, 5.74) is 3.47. The number of nitrogens with one attached hydrogen (secondary N) is 1. The first-order valence-corrected chi connectivity index (χ1v) is 12.0. The molecule has 4 rings (SSSR count). The number of fused-ring (bicyclic) bond motifs is 1. The Labute approximate surface area is 193 Å². The highest BCUT2D eigenvalue weighted by atomic mass is 32.2. The van der Waals surface area contributed by atoms with Crippen LogP contribution < -0.4 is 9.62 Å². The Hall–Kier alpha value is -3.65. The zero-order valence-corrected chi connectivity index (χ0v) is 19.0. The van der Waals surface area contributed by atoms with Crippen LogP contribution in [0, 0.1) is 0 Å². The first-order chi connectivity index (χ1) is 15.9. The predicted octanol–water partition coefficient (Wildman–Crippen LogP) is 3.80. The van der Waals surface area contributed by atoms with Gasteiger partial charge in [0.05, 0.1) is 11.3 Å². The molecular weight excluding hydrogens is 440 g/mol. The van der Waals surface area contributed by atoms with Gasteiger partial charge in [-0.1, -0.05) is 36.4 Å². The first kappa shape index (κ1) is 22.5. The fourth-order valence-electron chi connectivity index (χ4n) is 3.84. The van der Waals surface area contributed by atoms with Gasteiger partial charge in [-0.2, -0.15) is 0 Å². The van der Waals surface area contributed by atoms with Crippen molar-refractivity contribution in [1.29, 1.82) is 0 Å². The summed E-state index contributed by atoms with van der Waals surface area (Å²) in [5.74, 6) is -1.39. The van der Waals surface area contributed by atoms with E-state index in [9.17, 15) is 18.0 Å². The van der Waals surface area contributed by atoms with Crippen molar-refractivity contribution in [1.82, 2.24) is 0 Å². The lowest BCUT2D eigenvalue weighted by Gasteiger charge is -2.20. The van der Waals surface area contributed by atoms with Crippen LogP contribution in [0.4, 0.5) is 11.4 Å². The van der Waals surface area contributed by atoms with Gasteiger partial charge in [0.2, 0.25) is 0 Å². The number of benzene rings is 3. The highest BCUT2D eigenvalue weighted by molar-refractivity contribution is 7.92. The van der Waals surface area contributed by atoms with E-state index in [0.29, 0.717) is 11.4 Å². The van der Waals surface area contributed by atoms with Gasteiger partial charge in [-0.15, -0.1) is 0 Å². The molecule has 3 aromatic carbocycles. The first-order valence-electron chi connectivity index (χ1n) is 10.6. The van der Waals surface area contributed by atoms with Gasteiger partial charge in [0.25, 0.3) is 15.9 Å². The standard InChI is InChI=1S/C25H24N2O5S/c1-27(21-10-3-2-4-11-21)33(30,31)23-13-6-5-12-22(23)25(29)32-17-24(28)26-20-15-14-18-8-7-9-19(18)16-20/h2-6,10-16H,7-9,17H2,1H3,(H,26,28). The summed E-state index contributed by atoms with van der Waals surface area (Å²) in [7, 11) is -2.62. The van der Waals surface area contributed by atoms with Gasteiger partial charge in [0.1, 0.15) is 4.90 Å². The van der Waals surface area contributed by atoms with E-state index in [-0.39, 0.29) is 10.5 Å². The van der Waals surface area contributed by atoms with Crippen molar-refractivity contribution in [3.05, 3.63) is 89.5 Å². The molecule has 170 valence electrons. The number of anilines is 2. The van der Waals surface area contributed by atoms with Gasteiger partial charge in [-0.25, -0.2) is 13.2 Å². The van der Waals surface area contributed by atoms with E-state index in [1.165, 1.54) is 36.4 Å². The molecule has 0 radical (unpaired) electrons. The quantitative estimate of drug-likeness (QED) is 0.537. The highest BCUT2D eigenvalue weighted by Crippen LogP contribution is 2.26. The third-order valence-corrected chi connectivity index (χ3v) is 7.43. The van der Waals surface area contributed by atoms with Gasteiger partial charge in [0, 0.05) is 12.7 Å². The molecule has 1 aliphatic carbocycles. The number of amides is 1. The van der Waals surface area contributed by atoms with E-state index in [1.54, 1.807) is 36.4 Å². The normalized spacial score (nSPS) is 12.6. The molecular formula is C25H24N2O5S. The number of ether oxygens (including phenoxy) is 1. The molecule has 0 fully saturated rings. The Kier molecular flexibility index (Phi) is 6.46. The van der Waals surface area contributed by atoms with E-state index in [2.05, 4.69) is 5.32 Å². The fourth-order valence-corrected chi connectivity index (χ4v) is 5.21. The zero-order chi connectivity index (χ0) is 23.4. The molecule has 7 nitrogen and oxygen atoms in total. The zero-order valence-electron chi connectivity index (χ0n) is 18.2. The number of carbonyl (C=O) groups is 2. The van der Waals surface area contributed by atoms with Crippen molar-refractivity contribution in [3.8, 4) is 0 Å². The molecule has 0 unspecified atom stereocenters. The molecule has 3 aromatic rings. The molecule has 0 spiro atoms. The van der Waals surface area contributed by atoms with E-state index < -0.39 is 28.5 Å². The van der Waals surface area contributed by atoms with Crippen LogP contribution >= 0.6 is 0 Å². The molecule has 0 aliphatic heterocycles. The smallest absolute Gasteiger partial charge is 0.340 e. The lowest BCUT2D eigenvalue weighted by Crippen LogP contribution is -2.28. The maximum absolute atomic E-state index is 13.2. The van der Waals surface area contributed by atoms with Gasteiger partial charge < -0.3 is 10.1 Å². The second kappa shape index (κ2) is 9.46. The van der Waals surface area contributed by atoms with E-state index in [1.807, 2.05) is 18.2 Å². The van der Waals surface area contributed by atoms with Crippen LogP contribution in [-0.4, -0.2) is 33.9 Å². The average molecular weight is 465 g/mol. The van der Waals surface area contributed by atoms with Crippen LogP contribution in [0.3, 0.4) is 0 Å². The third-order valence-electron chi connectivity index (χ3n) is 5.58. The number of carbonyl (C=O) groups excluding carboxylic acids is 2. The Morgan fingerprint density at radius 1 is 0.939 bits per heavy atom. The number of nitrogens with zero attached hydrogens (tertiary/aromatic N) is 1. The Morgan fingerprint density at radius 2 is 1.64 bits per heavy atom. The lowest BCUT2D eigenvalue weighted by molar-refractivity contribution is -0.119. The average Bonchev–Trinajstić information content (AvgIpc) is 3.30. The van der Waals surface area contributed by atoms with Crippen molar-refractivity contribution < 1.29 is 22.7 Å². The number of para-hydroxylation sites is 1. The summed E-state index contributed by atoms with van der Waals surface area (Å²) in [4.78, 5) is 24.8. The van der Waals surface area contributed by atoms with Crippen LogP contribution in [0.5, 0.6) is 0 Å². The van der Waals surface area contributed by atoms with Crippen LogP contribution in [-0.2, 0) is 32.4 Å². The van der Waals surface area contributed by atoms with Crippen molar-refractivity contribution in [3.63, 3.8) is 0 Å². The maximum Gasteiger partial charge on any atom is 0.340 e. The molecule has 8 heteroatoms. The third kappa shape index (κ3) is 4.90. The Balaban J connectivity index is 1.45. The molecule has 0 heterocycles. The number of rotatable bonds is 7. The SMILES string of the molecule is CN(c1ccccc1)S(=O)(=O)c1ccccc1C(=O)OCC(=O)Nc1ccc2c(c1)CCC2. The number of hydrogen-bond acceptors (Lipinski definition) is 5. The molecule has 0 atom stereocenters. The predicted molar refractivity (Wildman–Crippen MR) is 126 cm³/mol. The van der Waals surface area contributed by atoms with E-state index in [4.69, 9.17) is 4.74 Å². The van der Waals surface area contributed by atoms with E-state index >= 15 is 0 Å². The topological polar surface area (TPSA) is 92.8 Å². The summed E-state index contributed by atoms with van der Waals surface area (Å²) in [6, 6.07) is 20.1.